The molecule has 1 saturated carbocycles. The largest absolute Gasteiger partial charge is 0.317 e. The van der Waals surface area contributed by atoms with Crippen LogP contribution in [0.1, 0.15) is 44.7 Å². The Bertz CT molecular complexity index is 393. The fraction of sp³-hybridized carbons (Fsp3) is 0.722. The van der Waals surface area contributed by atoms with Gasteiger partial charge in [0.2, 0.25) is 0 Å². The molecule has 1 N–H and O–H groups in total. The van der Waals surface area contributed by atoms with Gasteiger partial charge in [-0.05, 0) is 57.3 Å². The lowest BCUT2D eigenvalue weighted by Crippen LogP contribution is -2.43. The molecule has 0 aliphatic heterocycles. The Hall–Kier alpha value is -0.930. The van der Waals surface area contributed by atoms with E-state index < -0.39 is 0 Å². The van der Waals surface area contributed by atoms with Crippen molar-refractivity contribution in [3.63, 3.8) is 0 Å². The molecule has 21 heavy (non-hydrogen) atoms. The van der Waals surface area contributed by atoms with Crippen molar-refractivity contribution in [3.8, 4) is 0 Å². The van der Waals surface area contributed by atoms with Gasteiger partial charge in [0.1, 0.15) is 0 Å². The van der Waals surface area contributed by atoms with E-state index in [2.05, 4.69) is 48.4 Å². The van der Waals surface area contributed by atoms with Crippen molar-refractivity contribution in [2.75, 3.05) is 20.6 Å². The summed E-state index contributed by atoms with van der Waals surface area (Å²) in [7, 11) is 4.35. The molecular formula is C18H31N3. The molecule has 0 saturated heterocycles. The smallest absolute Gasteiger partial charge is 0.0543 e. The lowest BCUT2D eigenvalue weighted by atomic mass is 9.76. The SMILES string of the molecule is CCCC1CCC(NC)C(CN(C)Cc2ccccn2)C1. The quantitative estimate of drug-likeness (QED) is 0.834. The minimum absolute atomic E-state index is 0.685. The van der Waals surface area contributed by atoms with Crippen LogP contribution in [-0.4, -0.2) is 36.6 Å². The summed E-state index contributed by atoms with van der Waals surface area (Å²) in [5.74, 6) is 1.71. The predicted octanol–water partition coefficient (Wildman–Crippen LogP) is 3.32. The Kier molecular flexibility index (Phi) is 6.65. The van der Waals surface area contributed by atoms with E-state index in [1.807, 2.05) is 12.3 Å². The standard InChI is InChI=1S/C18H31N3/c1-4-7-15-9-10-18(19-2)16(12-15)13-21(3)14-17-8-5-6-11-20-17/h5-6,8,11,15-16,18-19H,4,7,9-10,12-14H2,1-3H3. The second-order valence-corrected chi connectivity index (χ2v) is 6.64. The first-order valence-electron chi connectivity index (χ1n) is 8.48. The van der Waals surface area contributed by atoms with Crippen molar-refractivity contribution in [1.29, 1.82) is 0 Å². The second kappa shape index (κ2) is 8.50. The van der Waals surface area contributed by atoms with Gasteiger partial charge in [-0.15, -0.1) is 0 Å². The second-order valence-electron chi connectivity index (χ2n) is 6.64. The summed E-state index contributed by atoms with van der Waals surface area (Å²) in [6, 6.07) is 6.86. The molecule has 0 aromatic carbocycles. The molecule has 3 atom stereocenters. The summed E-state index contributed by atoms with van der Waals surface area (Å²) in [6.07, 6.45) is 8.73. The van der Waals surface area contributed by atoms with E-state index in [4.69, 9.17) is 0 Å². The van der Waals surface area contributed by atoms with E-state index >= 15 is 0 Å². The van der Waals surface area contributed by atoms with Gasteiger partial charge in [0.15, 0.2) is 0 Å². The van der Waals surface area contributed by atoms with Crippen LogP contribution < -0.4 is 5.32 Å². The molecular weight excluding hydrogens is 258 g/mol. The van der Waals surface area contributed by atoms with E-state index in [9.17, 15) is 0 Å². The predicted molar refractivity (Wildman–Crippen MR) is 89.2 cm³/mol. The minimum Gasteiger partial charge on any atom is -0.317 e. The Morgan fingerprint density at radius 3 is 2.86 bits per heavy atom. The topological polar surface area (TPSA) is 28.2 Å². The molecule has 1 aromatic rings. The molecule has 118 valence electrons. The number of hydrogen-bond acceptors (Lipinski definition) is 3. The third-order valence-electron chi connectivity index (χ3n) is 4.86. The van der Waals surface area contributed by atoms with Gasteiger partial charge in [-0.25, -0.2) is 0 Å². The van der Waals surface area contributed by atoms with Crippen molar-refractivity contribution >= 4 is 0 Å². The number of nitrogens with one attached hydrogen (secondary N) is 1. The van der Waals surface area contributed by atoms with Crippen LogP contribution >= 0.6 is 0 Å². The first kappa shape index (κ1) is 16.4. The zero-order valence-electron chi connectivity index (χ0n) is 13.9. The molecule has 1 heterocycles. The molecule has 0 amide bonds. The third kappa shape index (κ3) is 5.08. The van der Waals surface area contributed by atoms with Crippen LogP contribution in [0.25, 0.3) is 0 Å². The van der Waals surface area contributed by atoms with Crippen molar-refractivity contribution < 1.29 is 0 Å². The van der Waals surface area contributed by atoms with E-state index in [1.165, 1.54) is 44.3 Å². The highest BCUT2D eigenvalue weighted by Gasteiger charge is 2.29. The Balaban J connectivity index is 1.88. The lowest BCUT2D eigenvalue weighted by molar-refractivity contribution is 0.150. The van der Waals surface area contributed by atoms with Crippen LogP contribution in [0, 0.1) is 11.8 Å². The fourth-order valence-electron chi connectivity index (χ4n) is 3.85. The van der Waals surface area contributed by atoms with Gasteiger partial charge < -0.3 is 10.2 Å². The van der Waals surface area contributed by atoms with Crippen molar-refractivity contribution in [3.05, 3.63) is 30.1 Å². The van der Waals surface area contributed by atoms with Gasteiger partial charge in [-0.2, -0.15) is 0 Å². The number of aromatic nitrogens is 1. The lowest BCUT2D eigenvalue weighted by Gasteiger charge is -2.38. The molecule has 3 unspecified atom stereocenters. The molecule has 1 aliphatic carbocycles. The summed E-state index contributed by atoms with van der Waals surface area (Å²) < 4.78 is 0. The maximum atomic E-state index is 4.44. The monoisotopic (exact) mass is 289 g/mol. The Morgan fingerprint density at radius 2 is 2.19 bits per heavy atom. The van der Waals surface area contributed by atoms with Crippen LogP contribution in [-0.2, 0) is 6.54 Å². The fourth-order valence-corrected chi connectivity index (χ4v) is 3.85. The Morgan fingerprint density at radius 1 is 1.33 bits per heavy atom. The van der Waals surface area contributed by atoms with Crippen LogP contribution in [0.15, 0.2) is 24.4 Å². The average molecular weight is 289 g/mol. The minimum atomic E-state index is 0.685. The summed E-state index contributed by atoms with van der Waals surface area (Å²) in [5.41, 5.74) is 1.17. The molecule has 2 rings (SSSR count). The molecule has 0 spiro atoms. The van der Waals surface area contributed by atoms with Crippen molar-refractivity contribution in [2.24, 2.45) is 11.8 Å². The Labute approximate surface area is 130 Å². The van der Waals surface area contributed by atoms with Crippen LogP contribution in [0.3, 0.4) is 0 Å². The molecule has 1 aromatic heterocycles. The van der Waals surface area contributed by atoms with E-state index in [0.29, 0.717) is 6.04 Å². The summed E-state index contributed by atoms with van der Waals surface area (Å²) in [6.45, 7) is 4.43. The van der Waals surface area contributed by atoms with E-state index in [0.717, 1.165) is 18.4 Å². The van der Waals surface area contributed by atoms with Crippen LogP contribution in [0.5, 0.6) is 0 Å². The number of rotatable bonds is 7. The van der Waals surface area contributed by atoms with Gasteiger partial charge in [0.05, 0.1) is 5.69 Å². The third-order valence-corrected chi connectivity index (χ3v) is 4.86. The van der Waals surface area contributed by atoms with Crippen molar-refractivity contribution in [1.82, 2.24) is 15.2 Å². The molecule has 0 radical (unpaired) electrons. The van der Waals surface area contributed by atoms with E-state index in [-0.39, 0.29) is 0 Å². The summed E-state index contributed by atoms with van der Waals surface area (Å²) >= 11 is 0. The first-order valence-corrected chi connectivity index (χ1v) is 8.48. The van der Waals surface area contributed by atoms with Gasteiger partial charge >= 0.3 is 0 Å². The molecule has 3 heteroatoms. The molecule has 1 aliphatic rings. The van der Waals surface area contributed by atoms with Crippen molar-refractivity contribution in [2.45, 2.75) is 51.6 Å². The maximum absolute atomic E-state index is 4.44. The average Bonchev–Trinajstić information content (AvgIpc) is 2.49. The zero-order chi connectivity index (χ0) is 15.1. The van der Waals surface area contributed by atoms with E-state index in [1.54, 1.807) is 0 Å². The van der Waals surface area contributed by atoms with Crippen LogP contribution in [0.2, 0.25) is 0 Å². The number of hydrogen-bond donors (Lipinski definition) is 1. The van der Waals surface area contributed by atoms with Crippen LogP contribution in [0.4, 0.5) is 0 Å². The molecule has 3 nitrogen and oxygen atoms in total. The summed E-state index contributed by atoms with van der Waals surface area (Å²) in [4.78, 5) is 6.87. The highest BCUT2D eigenvalue weighted by molar-refractivity contribution is 5.03. The molecule has 0 bridgehead atoms. The maximum Gasteiger partial charge on any atom is 0.0543 e. The molecule has 1 fully saturated rings. The number of nitrogens with zero attached hydrogens (tertiary/aromatic N) is 2. The van der Waals surface area contributed by atoms with Gasteiger partial charge in [-0.3, -0.25) is 4.98 Å². The van der Waals surface area contributed by atoms with Gasteiger partial charge in [0.25, 0.3) is 0 Å². The zero-order valence-corrected chi connectivity index (χ0v) is 13.9. The summed E-state index contributed by atoms with van der Waals surface area (Å²) in [5, 5.41) is 3.54. The first-order chi connectivity index (χ1) is 10.2. The normalized spacial score (nSPS) is 26.2. The van der Waals surface area contributed by atoms with Gasteiger partial charge in [0, 0.05) is 25.3 Å². The number of pyridine rings is 1. The highest BCUT2D eigenvalue weighted by atomic mass is 15.1. The van der Waals surface area contributed by atoms with Gasteiger partial charge in [-0.1, -0.05) is 25.8 Å². The highest BCUT2D eigenvalue weighted by Crippen LogP contribution is 2.32.